The van der Waals surface area contributed by atoms with Gasteiger partial charge in [-0.25, -0.2) is 17.9 Å². The zero-order valence-corrected chi connectivity index (χ0v) is 25.4. The second-order valence-electron chi connectivity index (χ2n) is 8.22. The first-order valence-electron chi connectivity index (χ1n) is 12.3. The second-order valence-corrected chi connectivity index (χ2v) is 10.6. The molecular formula is C26H25Cl2N7O8S. The first-order valence-corrected chi connectivity index (χ1v) is 14.7. The van der Waals surface area contributed by atoms with Gasteiger partial charge in [0, 0.05) is 6.07 Å². The summed E-state index contributed by atoms with van der Waals surface area (Å²) in [6.07, 6.45) is 0. The van der Waals surface area contributed by atoms with Crippen LogP contribution in [0.3, 0.4) is 0 Å². The summed E-state index contributed by atoms with van der Waals surface area (Å²) in [5, 5.41) is 12.9. The predicted molar refractivity (Wildman–Crippen MR) is 162 cm³/mol. The summed E-state index contributed by atoms with van der Waals surface area (Å²) in [6, 6.07) is 16.4. The number of nitrogens with zero attached hydrogens (tertiary/aromatic N) is 4. The number of amides is 2. The number of aryl methyl sites for hydroxylation is 1. The summed E-state index contributed by atoms with van der Waals surface area (Å²) in [5.41, 5.74) is 5.25. The lowest BCUT2D eigenvalue weighted by Gasteiger charge is -2.12. The van der Waals surface area contributed by atoms with E-state index >= 15 is 0 Å². The highest BCUT2D eigenvalue weighted by Crippen LogP contribution is 2.38. The number of ether oxygens (including phenoxy) is 3. The highest BCUT2D eigenvalue weighted by Gasteiger charge is 2.23. The number of aromatic nitrogens is 3. The molecule has 44 heavy (non-hydrogen) atoms. The lowest BCUT2D eigenvalue weighted by Crippen LogP contribution is -2.35. The molecule has 18 heteroatoms. The maximum absolute atomic E-state index is 12.4. The van der Waals surface area contributed by atoms with Crippen molar-refractivity contribution in [2.24, 2.45) is 0 Å². The second kappa shape index (κ2) is 15.5. The molecule has 0 radical (unpaired) electrons. The van der Waals surface area contributed by atoms with Crippen molar-refractivity contribution in [1.29, 1.82) is 0 Å². The topological polar surface area (TPSA) is 211 Å². The molecule has 0 spiro atoms. The molecule has 1 aromatic heterocycles. The summed E-state index contributed by atoms with van der Waals surface area (Å²) < 4.78 is 42.4. The molecule has 15 nitrogen and oxygen atoms in total. The number of nitrogen functional groups attached to an aromatic ring is 1. The number of nitro benzene ring substituents is 1. The van der Waals surface area contributed by atoms with E-state index in [0.29, 0.717) is 5.75 Å². The quantitative estimate of drug-likeness (QED) is 0.0889. The Hall–Kier alpha value is -4.93. The van der Waals surface area contributed by atoms with Crippen molar-refractivity contribution in [2.75, 3.05) is 30.6 Å². The van der Waals surface area contributed by atoms with Crippen LogP contribution in [-0.4, -0.2) is 53.9 Å². The first-order chi connectivity index (χ1) is 20.9. The number of nitro groups is 1. The van der Waals surface area contributed by atoms with Crippen LogP contribution in [0.1, 0.15) is 5.82 Å². The molecule has 2 amide bonds. The van der Waals surface area contributed by atoms with Crippen LogP contribution in [0.2, 0.25) is 5.02 Å². The van der Waals surface area contributed by atoms with Crippen LogP contribution in [0.25, 0.3) is 0 Å². The van der Waals surface area contributed by atoms with E-state index in [1.54, 1.807) is 37.3 Å². The normalized spacial score (nSPS) is 10.5. The molecule has 0 aliphatic heterocycles. The van der Waals surface area contributed by atoms with Crippen molar-refractivity contribution < 1.29 is 32.3 Å². The van der Waals surface area contributed by atoms with Crippen molar-refractivity contribution in [3.8, 4) is 23.3 Å². The van der Waals surface area contributed by atoms with Gasteiger partial charge >= 0.3 is 12.0 Å². The average molecular weight is 667 g/mol. The third kappa shape index (κ3) is 9.29. The van der Waals surface area contributed by atoms with Gasteiger partial charge in [0.1, 0.15) is 45.3 Å². The smallest absolute Gasteiger partial charge is 0.335 e. The van der Waals surface area contributed by atoms with E-state index in [4.69, 9.17) is 43.1 Å². The number of rotatable bonds is 10. The number of anilines is 2. The number of nitrogens with two attached hydrogens (primary N) is 1. The molecule has 0 saturated carbocycles. The molecule has 4 aromatic rings. The molecular weight excluding hydrogens is 641 g/mol. The highest BCUT2D eigenvalue weighted by atomic mass is 35.5. The van der Waals surface area contributed by atoms with E-state index in [2.05, 4.69) is 20.3 Å². The fourth-order valence-electron chi connectivity index (χ4n) is 3.26. The molecule has 4 rings (SSSR count). The summed E-state index contributed by atoms with van der Waals surface area (Å²) >= 11 is 11.5. The van der Waals surface area contributed by atoms with Crippen LogP contribution in [0.5, 0.6) is 23.3 Å². The number of sulfonamides is 1. The summed E-state index contributed by atoms with van der Waals surface area (Å²) in [5.74, 6) is 1.25. The van der Waals surface area contributed by atoms with Gasteiger partial charge in [-0.3, -0.25) is 15.4 Å². The van der Waals surface area contributed by atoms with Crippen LogP contribution >= 0.6 is 23.2 Å². The Morgan fingerprint density at radius 3 is 2.36 bits per heavy atom. The number of carbonyl (C=O) groups excluding carboxylic acids is 1. The van der Waals surface area contributed by atoms with Gasteiger partial charge in [0.05, 0.1) is 17.9 Å². The van der Waals surface area contributed by atoms with Gasteiger partial charge in [-0.2, -0.15) is 15.0 Å². The monoisotopic (exact) mass is 665 g/mol. The number of para-hydroxylation sites is 2. The standard InChI is InChI=1S/C14H16ClN5O5S.C12H9ClN2O3/c1-9-16-12(19-14(17-9)24-2)18-13(21)20-26(22,23)11-6-4-3-5-10(11)25-8-7-15;13-11-10(18-8-4-2-1-3-5-8)7-6-9(12(11)14)15(16)17/h3-6H,7-8H2,1-2H3,(H2,16,17,18,19,20,21);1-7H,14H2. The molecule has 0 saturated heterocycles. The van der Waals surface area contributed by atoms with Crippen LogP contribution in [0.15, 0.2) is 71.6 Å². The van der Waals surface area contributed by atoms with E-state index in [0.717, 1.165) is 0 Å². The van der Waals surface area contributed by atoms with E-state index in [9.17, 15) is 23.3 Å². The maximum Gasteiger partial charge on any atom is 0.335 e. The average Bonchev–Trinajstić information content (AvgIpc) is 2.98. The molecule has 4 N–H and O–H groups in total. The molecule has 0 fully saturated rings. The summed E-state index contributed by atoms with van der Waals surface area (Å²) in [4.78, 5) is 33.4. The summed E-state index contributed by atoms with van der Waals surface area (Å²) in [7, 11) is -2.85. The minimum absolute atomic E-state index is 0.0181. The van der Waals surface area contributed by atoms with E-state index in [-0.39, 0.29) is 63.1 Å². The van der Waals surface area contributed by atoms with Gasteiger partial charge in [0.2, 0.25) is 5.95 Å². The van der Waals surface area contributed by atoms with Gasteiger partial charge in [-0.1, -0.05) is 41.9 Å². The minimum atomic E-state index is -4.20. The number of alkyl halides is 1. The third-order valence-electron chi connectivity index (χ3n) is 5.12. The number of hydrogen-bond acceptors (Lipinski definition) is 12. The van der Waals surface area contributed by atoms with Crippen molar-refractivity contribution in [1.82, 2.24) is 19.7 Å². The Bertz CT molecular complexity index is 1730. The van der Waals surface area contributed by atoms with Gasteiger partial charge in [-0.05, 0) is 37.3 Å². The largest absolute Gasteiger partial charge is 0.491 e. The van der Waals surface area contributed by atoms with Gasteiger partial charge in [0.15, 0.2) is 0 Å². The number of hydrogen-bond donors (Lipinski definition) is 3. The van der Waals surface area contributed by atoms with Crippen molar-refractivity contribution in [3.05, 3.63) is 87.7 Å². The molecule has 0 atom stereocenters. The Morgan fingerprint density at radius 1 is 1.02 bits per heavy atom. The fourth-order valence-corrected chi connectivity index (χ4v) is 4.59. The number of nitrogens with one attached hydrogen (secondary N) is 2. The lowest BCUT2D eigenvalue weighted by atomic mass is 10.2. The lowest BCUT2D eigenvalue weighted by molar-refractivity contribution is -0.383. The molecule has 232 valence electrons. The number of halogens is 2. The number of urea groups is 1. The third-order valence-corrected chi connectivity index (χ3v) is 7.04. The predicted octanol–water partition coefficient (Wildman–Crippen LogP) is 4.94. The SMILES string of the molecule is COc1nc(C)nc(NC(=O)NS(=O)(=O)c2ccccc2OCCCl)n1.Nc1c([N+](=O)[O-])ccc(Oc2ccccc2)c1Cl. The molecule has 0 bridgehead atoms. The molecule has 1 heterocycles. The Morgan fingerprint density at radius 2 is 1.70 bits per heavy atom. The highest BCUT2D eigenvalue weighted by molar-refractivity contribution is 7.90. The van der Waals surface area contributed by atoms with Crippen LogP contribution in [0.4, 0.5) is 22.1 Å². The first kappa shape index (κ1) is 33.6. The van der Waals surface area contributed by atoms with Crippen LogP contribution < -0.4 is 30.0 Å². The van der Waals surface area contributed by atoms with E-state index < -0.39 is 21.0 Å². The molecule has 0 aliphatic rings. The molecule has 0 unspecified atom stereocenters. The van der Waals surface area contributed by atoms with Crippen LogP contribution in [0, 0.1) is 17.0 Å². The Balaban J connectivity index is 0.000000257. The van der Waals surface area contributed by atoms with Gasteiger partial charge in [0.25, 0.3) is 15.7 Å². The number of benzene rings is 3. The Kier molecular flexibility index (Phi) is 11.8. The zero-order valence-electron chi connectivity index (χ0n) is 23.1. The summed E-state index contributed by atoms with van der Waals surface area (Å²) in [6.45, 7) is 1.68. The minimum Gasteiger partial charge on any atom is -0.491 e. The van der Waals surface area contributed by atoms with Gasteiger partial charge < -0.3 is 19.9 Å². The fraction of sp³-hybridized carbons (Fsp3) is 0.154. The number of methoxy groups -OCH3 is 1. The Labute approximate surface area is 261 Å². The molecule has 0 aliphatic carbocycles. The number of carbonyl (C=O) groups is 1. The van der Waals surface area contributed by atoms with Crippen molar-refractivity contribution >= 4 is 56.6 Å². The van der Waals surface area contributed by atoms with Gasteiger partial charge in [-0.15, -0.1) is 11.6 Å². The van der Waals surface area contributed by atoms with E-state index in [1.165, 1.54) is 37.4 Å². The molecule has 3 aromatic carbocycles. The van der Waals surface area contributed by atoms with Crippen LogP contribution in [-0.2, 0) is 10.0 Å². The zero-order chi connectivity index (χ0) is 32.3. The maximum atomic E-state index is 12.4. The van der Waals surface area contributed by atoms with Crippen molar-refractivity contribution in [2.45, 2.75) is 11.8 Å². The van der Waals surface area contributed by atoms with E-state index in [1.807, 2.05) is 10.8 Å². The van der Waals surface area contributed by atoms with Crippen molar-refractivity contribution in [3.63, 3.8) is 0 Å².